The highest BCUT2D eigenvalue weighted by Gasteiger charge is 2.48. The van der Waals surface area contributed by atoms with Crippen LogP contribution in [0.2, 0.25) is 0 Å². The van der Waals surface area contributed by atoms with E-state index in [4.69, 9.17) is 0 Å². The summed E-state index contributed by atoms with van der Waals surface area (Å²) in [6.07, 6.45) is 3.62. The van der Waals surface area contributed by atoms with Crippen molar-refractivity contribution in [3.05, 3.63) is 77.6 Å². The van der Waals surface area contributed by atoms with Crippen LogP contribution in [0, 0.1) is 5.82 Å². The first-order valence-corrected chi connectivity index (χ1v) is 7.62. The lowest BCUT2D eigenvalue weighted by Gasteiger charge is -2.21. The molecule has 1 atom stereocenters. The molecule has 1 fully saturated rings. The highest BCUT2D eigenvalue weighted by molar-refractivity contribution is 6.07. The summed E-state index contributed by atoms with van der Waals surface area (Å²) in [4.78, 5) is 26.0. The minimum atomic E-state index is -1.18. The zero-order valence-corrected chi connectivity index (χ0v) is 13.2. The third kappa shape index (κ3) is 2.93. The van der Waals surface area contributed by atoms with Crippen LogP contribution in [0.5, 0.6) is 0 Å². The van der Waals surface area contributed by atoms with E-state index in [-0.39, 0.29) is 18.3 Å². The van der Waals surface area contributed by atoms with E-state index in [2.05, 4.69) is 5.32 Å². The number of amides is 3. The van der Waals surface area contributed by atoms with Crippen LogP contribution in [0.4, 0.5) is 9.18 Å². The first-order valence-electron chi connectivity index (χ1n) is 7.62. The molecular weight excluding hydrogens is 307 g/mol. The fraction of sp³-hybridized carbons (Fsp3) is 0.158. The maximum Gasteiger partial charge on any atom is 0.325 e. The van der Waals surface area contributed by atoms with Crippen molar-refractivity contribution in [2.24, 2.45) is 0 Å². The van der Waals surface area contributed by atoms with E-state index in [9.17, 15) is 14.0 Å². The maximum atomic E-state index is 13.1. The van der Waals surface area contributed by atoms with Gasteiger partial charge in [-0.05, 0) is 30.2 Å². The van der Waals surface area contributed by atoms with Gasteiger partial charge in [0.2, 0.25) is 0 Å². The molecule has 1 heterocycles. The largest absolute Gasteiger partial charge is 0.325 e. The Labute approximate surface area is 139 Å². The molecule has 1 aliphatic heterocycles. The average Bonchev–Trinajstić information content (AvgIpc) is 2.80. The van der Waals surface area contributed by atoms with Crippen molar-refractivity contribution in [1.82, 2.24) is 10.2 Å². The van der Waals surface area contributed by atoms with Crippen molar-refractivity contribution in [2.75, 3.05) is 6.54 Å². The molecule has 1 N–H and O–H groups in total. The molecule has 122 valence electrons. The van der Waals surface area contributed by atoms with Crippen LogP contribution >= 0.6 is 0 Å². The molecule has 1 saturated heterocycles. The third-order valence-electron chi connectivity index (χ3n) is 4.09. The molecule has 0 spiro atoms. The van der Waals surface area contributed by atoms with Crippen LogP contribution in [-0.2, 0) is 10.3 Å². The topological polar surface area (TPSA) is 49.4 Å². The zero-order valence-electron chi connectivity index (χ0n) is 13.2. The summed E-state index contributed by atoms with van der Waals surface area (Å²) in [7, 11) is 0. The van der Waals surface area contributed by atoms with E-state index in [1.807, 2.05) is 36.4 Å². The van der Waals surface area contributed by atoms with Gasteiger partial charge in [-0.25, -0.2) is 9.18 Å². The number of imide groups is 1. The van der Waals surface area contributed by atoms with E-state index in [1.54, 1.807) is 13.0 Å². The smallest absolute Gasteiger partial charge is 0.319 e. The van der Waals surface area contributed by atoms with Gasteiger partial charge in [-0.3, -0.25) is 9.69 Å². The summed E-state index contributed by atoms with van der Waals surface area (Å²) in [6.45, 7) is 1.80. The predicted octanol–water partition coefficient (Wildman–Crippen LogP) is 3.31. The number of nitrogens with one attached hydrogen (secondary N) is 1. The van der Waals surface area contributed by atoms with Crippen LogP contribution in [0.15, 0.2) is 60.7 Å². The molecular formula is C19H17FN2O2. The molecule has 2 aromatic carbocycles. The summed E-state index contributed by atoms with van der Waals surface area (Å²) in [6, 6.07) is 14.7. The number of benzene rings is 2. The Hall–Kier alpha value is -2.95. The lowest BCUT2D eigenvalue weighted by Crippen LogP contribution is -2.40. The monoisotopic (exact) mass is 324 g/mol. The molecule has 0 saturated carbocycles. The Morgan fingerprint density at radius 1 is 1.08 bits per heavy atom. The van der Waals surface area contributed by atoms with Gasteiger partial charge < -0.3 is 5.32 Å². The number of rotatable bonds is 4. The molecule has 4 nitrogen and oxygen atoms in total. The number of carbonyl (C=O) groups excluding carboxylic acids is 2. The molecule has 1 unspecified atom stereocenters. The molecule has 0 bridgehead atoms. The molecule has 3 rings (SSSR count). The lowest BCUT2D eigenvalue weighted by atomic mass is 9.92. The number of carbonyl (C=O) groups is 2. The second-order valence-electron chi connectivity index (χ2n) is 5.79. The molecule has 0 radical (unpaired) electrons. The summed E-state index contributed by atoms with van der Waals surface area (Å²) in [5, 5.41) is 2.70. The Kier molecular flexibility index (Phi) is 4.16. The molecule has 5 heteroatoms. The summed E-state index contributed by atoms with van der Waals surface area (Å²) in [5.74, 6) is -0.737. The van der Waals surface area contributed by atoms with Gasteiger partial charge >= 0.3 is 6.03 Å². The highest BCUT2D eigenvalue weighted by Crippen LogP contribution is 2.28. The normalized spacial score (nSPS) is 20.7. The van der Waals surface area contributed by atoms with Crippen LogP contribution in [0.25, 0.3) is 6.08 Å². The number of urea groups is 1. The molecule has 1 aliphatic rings. The standard InChI is InChI=1S/C19H17FN2O2/c1-19(15-9-11-16(20)12-10-15)17(23)22(18(24)21-19)13-5-8-14-6-3-2-4-7-14/h2-12H,13H2,1H3,(H,21,24). The zero-order chi connectivity index (χ0) is 17.2. The van der Waals surface area contributed by atoms with Crippen LogP contribution < -0.4 is 5.32 Å². The van der Waals surface area contributed by atoms with Gasteiger partial charge in [-0.15, -0.1) is 0 Å². The second-order valence-corrected chi connectivity index (χ2v) is 5.79. The fourth-order valence-electron chi connectivity index (χ4n) is 2.70. The predicted molar refractivity (Wildman–Crippen MR) is 89.5 cm³/mol. The Morgan fingerprint density at radius 3 is 2.42 bits per heavy atom. The Bertz CT molecular complexity index is 787. The number of hydrogen-bond donors (Lipinski definition) is 1. The number of halogens is 1. The lowest BCUT2D eigenvalue weighted by molar-refractivity contribution is -0.130. The molecule has 24 heavy (non-hydrogen) atoms. The average molecular weight is 324 g/mol. The van der Waals surface area contributed by atoms with Crippen LogP contribution in [-0.4, -0.2) is 23.4 Å². The van der Waals surface area contributed by atoms with Gasteiger partial charge in [0, 0.05) is 6.54 Å². The number of hydrogen-bond acceptors (Lipinski definition) is 2. The molecule has 0 aromatic heterocycles. The van der Waals surface area contributed by atoms with Gasteiger partial charge in [-0.2, -0.15) is 0 Å². The highest BCUT2D eigenvalue weighted by atomic mass is 19.1. The first-order chi connectivity index (χ1) is 11.5. The van der Waals surface area contributed by atoms with E-state index in [0.29, 0.717) is 5.56 Å². The van der Waals surface area contributed by atoms with Crippen molar-refractivity contribution in [3.8, 4) is 0 Å². The van der Waals surface area contributed by atoms with Gasteiger partial charge in [0.05, 0.1) is 0 Å². The minimum absolute atomic E-state index is 0.177. The van der Waals surface area contributed by atoms with E-state index in [1.165, 1.54) is 24.3 Å². The van der Waals surface area contributed by atoms with Crippen LogP contribution in [0.1, 0.15) is 18.1 Å². The van der Waals surface area contributed by atoms with Crippen molar-refractivity contribution >= 4 is 18.0 Å². The van der Waals surface area contributed by atoms with Crippen molar-refractivity contribution in [3.63, 3.8) is 0 Å². The fourth-order valence-corrected chi connectivity index (χ4v) is 2.70. The molecule has 0 aliphatic carbocycles. The van der Waals surface area contributed by atoms with Crippen LogP contribution in [0.3, 0.4) is 0 Å². The SMILES string of the molecule is CC1(c2ccc(F)cc2)NC(=O)N(CC=Cc2ccccc2)C1=O. The summed E-state index contributed by atoms with van der Waals surface area (Å²) >= 11 is 0. The van der Waals surface area contributed by atoms with Gasteiger partial charge in [0.15, 0.2) is 0 Å². The third-order valence-corrected chi connectivity index (χ3v) is 4.09. The second kappa shape index (κ2) is 6.28. The van der Waals surface area contributed by atoms with Crippen molar-refractivity contribution < 1.29 is 14.0 Å². The summed E-state index contributed by atoms with van der Waals surface area (Å²) in [5.41, 5.74) is 0.369. The quantitative estimate of drug-likeness (QED) is 0.877. The van der Waals surface area contributed by atoms with Gasteiger partial charge in [0.1, 0.15) is 11.4 Å². The number of nitrogens with zero attached hydrogens (tertiary/aromatic N) is 1. The van der Waals surface area contributed by atoms with Gasteiger partial charge in [0.25, 0.3) is 5.91 Å². The van der Waals surface area contributed by atoms with Gasteiger partial charge in [-0.1, -0.05) is 54.6 Å². The molecule has 2 aromatic rings. The van der Waals surface area contributed by atoms with E-state index >= 15 is 0 Å². The van der Waals surface area contributed by atoms with E-state index < -0.39 is 11.6 Å². The van der Waals surface area contributed by atoms with Crippen molar-refractivity contribution in [2.45, 2.75) is 12.5 Å². The Morgan fingerprint density at radius 2 is 1.75 bits per heavy atom. The summed E-state index contributed by atoms with van der Waals surface area (Å²) < 4.78 is 13.1. The maximum absolute atomic E-state index is 13.1. The van der Waals surface area contributed by atoms with E-state index in [0.717, 1.165) is 10.5 Å². The van der Waals surface area contributed by atoms with Crippen molar-refractivity contribution in [1.29, 1.82) is 0 Å². The minimum Gasteiger partial charge on any atom is -0.319 e. The Balaban J connectivity index is 1.76. The molecule has 3 amide bonds. The first kappa shape index (κ1) is 15.9.